The van der Waals surface area contributed by atoms with Crippen molar-refractivity contribution in [1.29, 1.82) is 10.5 Å². The quantitative estimate of drug-likeness (QED) is 0.723. The zero-order valence-electron chi connectivity index (χ0n) is 12.4. The van der Waals surface area contributed by atoms with Crippen LogP contribution in [0.3, 0.4) is 0 Å². The Bertz CT molecular complexity index is 953. The number of dihydropyridines is 1. The molecular weight excluding hydrogens is 340 g/mol. The van der Waals surface area contributed by atoms with Gasteiger partial charge in [0.1, 0.15) is 21.7 Å². The van der Waals surface area contributed by atoms with Gasteiger partial charge in [0, 0.05) is 12.0 Å². The Balaban J connectivity index is 2.06. The van der Waals surface area contributed by atoms with E-state index in [4.69, 9.17) is 23.7 Å². The third-order valence-electron chi connectivity index (χ3n) is 3.68. The summed E-state index contributed by atoms with van der Waals surface area (Å²) in [5, 5.41) is 22.7. The average Bonchev–Trinajstić information content (AvgIpc) is 2.99. The van der Waals surface area contributed by atoms with E-state index in [9.17, 15) is 10.5 Å². The molecule has 1 aromatic heterocycles. The summed E-state index contributed by atoms with van der Waals surface area (Å²) in [6, 6.07) is 12.0. The first-order valence-electron chi connectivity index (χ1n) is 6.98. The molecule has 2 aromatic rings. The van der Waals surface area contributed by atoms with E-state index >= 15 is 0 Å². The fourth-order valence-electron chi connectivity index (χ4n) is 2.49. The third kappa shape index (κ3) is 2.69. The maximum Gasteiger partial charge on any atom is 0.139 e. The SMILES string of the molecule is N#CC1=C(C(C#N)c2nc3ccccc3s2)NC(N)=C(C(N)=S)C1. The van der Waals surface area contributed by atoms with Gasteiger partial charge < -0.3 is 16.8 Å². The lowest BCUT2D eigenvalue weighted by molar-refractivity contribution is 0.785. The predicted molar refractivity (Wildman–Crippen MR) is 96.4 cm³/mol. The number of allylic oxidation sites excluding steroid dienone is 2. The number of nitrogens with one attached hydrogen (secondary N) is 1. The van der Waals surface area contributed by atoms with Crippen LogP contribution in [0, 0.1) is 22.7 Å². The van der Waals surface area contributed by atoms with Gasteiger partial charge in [0.15, 0.2) is 0 Å². The minimum absolute atomic E-state index is 0.139. The highest BCUT2D eigenvalue weighted by molar-refractivity contribution is 7.80. The standard InChI is InChI=1S/C16H12N6S2/c17-6-8-5-9(15(20)23)14(19)22-13(8)10(7-18)16-21-11-3-1-2-4-12(11)24-16/h1-4,10,22H,5,19H2,(H2,20,23). The third-order valence-corrected chi connectivity index (χ3v) is 5.03. The monoisotopic (exact) mass is 352 g/mol. The Morgan fingerprint density at radius 3 is 2.75 bits per heavy atom. The minimum Gasteiger partial charge on any atom is -0.390 e. The summed E-state index contributed by atoms with van der Waals surface area (Å²) < 4.78 is 0.981. The molecule has 3 rings (SSSR count). The molecule has 1 unspecified atom stereocenters. The van der Waals surface area contributed by atoms with E-state index in [-0.39, 0.29) is 17.2 Å². The molecule has 5 N–H and O–H groups in total. The van der Waals surface area contributed by atoms with Crippen molar-refractivity contribution in [3.63, 3.8) is 0 Å². The number of hydrogen-bond donors (Lipinski definition) is 3. The van der Waals surface area contributed by atoms with Crippen molar-refractivity contribution in [3.05, 3.63) is 51.9 Å². The summed E-state index contributed by atoms with van der Waals surface area (Å²) in [5.74, 6) is -0.429. The lowest BCUT2D eigenvalue weighted by atomic mass is 9.94. The number of benzene rings is 1. The number of nitriles is 2. The van der Waals surface area contributed by atoms with Crippen LogP contribution in [-0.2, 0) is 0 Å². The largest absolute Gasteiger partial charge is 0.390 e. The Hall–Kier alpha value is -2.94. The summed E-state index contributed by atoms with van der Waals surface area (Å²) in [5.41, 5.74) is 13.8. The maximum absolute atomic E-state index is 9.66. The molecule has 0 spiro atoms. The van der Waals surface area contributed by atoms with E-state index in [1.54, 1.807) is 0 Å². The van der Waals surface area contributed by atoms with Crippen molar-refractivity contribution >= 4 is 38.8 Å². The fraction of sp³-hybridized carbons (Fsp3) is 0.125. The topological polar surface area (TPSA) is 125 Å². The van der Waals surface area contributed by atoms with Crippen LogP contribution >= 0.6 is 23.6 Å². The van der Waals surface area contributed by atoms with Crippen LogP contribution in [-0.4, -0.2) is 9.97 Å². The van der Waals surface area contributed by atoms with Crippen molar-refractivity contribution in [2.24, 2.45) is 11.5 Å². The summed E-state index contributed by atoms with van der Waals surface area (Å²) in [4.78, 5) is 4.65. The lowest BCUT2D eigenvalue weighted by Crippen LogP contribution is -2.33. The Kier molecular flexibility index (Phi) is 4.17. The molecule has 1 aromatic carbocycles. The molecule has 0 fully saturated rings. The lowest BCUT2D eigenvalue weighted by Gasteiger charge is -2.24. The highest BCUT2D eigenvalue weighted by atomic mass is 32.1. The molecule has 0 radical (unpaired) electrons. The van der Waals surface area contributed by atoms with Gasteiger partial charge >= 0.3 is 0 Å². The van der Waals surface area contributed by atoms with Gasteiger partial charge in [0.05, 0.1) is 33.6 Å². The average molecular weight is 352 g/mol. The molecule has 0 bridgehead atoms. The second-order valence-corrected chi connectivity index (χ2v) is 6.65. The zero-order valence-corrected chi connectivity index (χ0v) is 14.0. The number of para-hydroxylation sites is 1. The van der Waals surface area contributed by atoms with Gasteiger partial charge in [-0.1, -0.05) is 24.4 Å². The van der Waals surface area contributed by atoms with Gasteiger partial charge in [-0.3, -0.25) is 0 Å². The molecular formula is C16H12N6S2. The zero-order chi connectivity index (χ0) is 17.3. The number of fused-ring (bicyclic) bond motifs is 1. The second-order valence-electron chi connectivity index (χ2n) is 5.14. The van der Waals surface area contributed by atoms with Crippen LogP contribution in [0.15, 0.2) is 46.9 Å². The Morgan fingerprint density at radius 2 is 2.12 bits per heavy atom. The van der Waals surface area contributed by atoms with Gasteiger partial charge in [0.25, 0.3) is 0 Å². The molecule has 2 heterocycles. The normalized spacial score (nSPS) is 15.6. The van der Waals surface area contributed by atoms with E-state index in [2.05, 4.69) is 22.4 Å². The van der Waals surface area contributed by atoms with Crippen molar-refractivity contribution in [1.82, 2.24) is 10.3 Å². The highest BCUT2D eigenvalue weighted by Crippen LogP contribution is 2.34. The molecule has 0 saturated heterocycles. The fourth-order valence-corrected chi connectivity index (χ4v) is 3.69. The molecule has 6 nitrogen and oxygen atoms in total. The molecule has 8 heteroatoms. The summed E-state index contributed by atoms with van der Waals surface area (Å²) >= 11 is 6.38. The summed E-state index contributed by atoms with van der Waals surface area (Å²) in [6.07, 6.45) is 0.211. The van der Waals surface area contributed by atoms with E-state index < -0.39 is 5.92 Å². The van der Waals surface area contributed by atoms with Crippen LogP contribution in [0.4, 0.5) is 0 Å². The molecule has 0 aliphatic carbocycles. The highest BCUT2D eigenvalue weighted by Gasteiger charge is 2.29. The minimum atomic E-state index is -0.705. The van der Waals surface area contributed by atoms with Crippen LogP contribution in [0.5, 0.6) is 0 Å². The number of hydrogen-bond acceptors (Lipinski definition) is 7. The second kappa shape index (κ2) is 6.28. The van der Waals surface area contributed by atoms with E-state index in [1.807, 2.05) is 24.3 Å². The van der Waals surface area contributed by atoms with E-state index in [0.717, 1.165) is 10.2 Å². The van der Waals surface area contributed by atoms with Crippen LogP contribution in [0.2, 0.25) is 0 Å². The molecule has 1 aliphatic rings. The maximum atomic E-state index is 9.66. The van der Waals surface area contributed by atoms with Crippen LogP contribution in [0.1, 0.15) is 17.3 Å². The number of nitrogens with two attached hydrogens (primary N) is 2. The predicted octanol–water partition coefficient (Wildman–Crippen LogP) is 2.13. The molecule has 0 amide bonds. The molecule has 1 aliphatic heterocycles. The first kappa shape index (κ1) is 15.9. The first-order valence-corrected chi connectivity index (χ1v) is 8.21. The molecule has 118 valence electrons. The molecule has 1 atom stereocenters. The van der Waals surface area contributed by atoms with Gasteiger partial charge in [-0.05, 0) is 12.1 Å². The number of aromatic nitrogens is 1. The van der Waals surface area contributed by atoms with Crippen LogP contribution in [0.25, 0.3) is 10.2 Å². The number of rotatable bonds is 3. The molecule has 24 heavy (non-hydrogen) atoms. The Labute approximate surface area is 147 Å². The van der Waals surface area contributed by atoms with Gasteiger partial charge in [-0.25, -0.2) is 4.98 Å². The first-order chi connectivity index (χ1) is 11.5. The van der Waals surface area contributed by atoms with Gasteiger partial charge in [-0.15, -0.1) is 11.3 Å². The van der Waals surface area contributed by atoms with E-state index in [1.165, 1.54) is 11.3 Å². The summed E-state index contributed by atoms with van der Waals surface area (Å²) in [7, 11) is 0. The van der Waals surface area contributed by atoms with Crippen molar-refractivity contribution < 1.29 is 0 Å². The number of thiazole rings is 1. The van der Waals surface area contributed by atoms with Crippen molar-refractivity contribution in [2.45, 2.75) is 12.3 Å². The van der Waals surface area contributed by atoms with Crippen molar-refractivity contribution in [3.8, 4) is 12.1 Å². The van der Waals surface area contributed by atoms with Crippen LogP contribution < -0.4 is 16.8 Å². The van der Waals surface area contributed by atoms with Gasteiger partial charge in [0.2, 0.25) is 0 Å². The van der Waals surface area contributed by atoms with Gasteiger partial charge in [-0.2, -0.15) is 10.5 Å². The number of thiocarbonyl (C=S) groups is 1. The summed E-state index contributed by atoms with van der Waals surface area (Å²) in [6.45, 7) is 0. The molecule has 0 saturated carbocycles. The Morgan fingerprint density at radius 1 is 1.38 bits per heavy atom. The van der Waals surface area contributed by atoms with E-state index in [0.29, 0.717) is 21.9 Å². The number of nitrogens with zero attached hydrogens (tertiary/aromatic N) is 3. The smallest absolute Gasteiger partial charge is 0.139 e. The van der Waals surface area contributed by atoms with Crippen molar-refractivity contribution in [2.75, 3.05) is 0 Å².